The van der Waals surface area contributed by atoms with Crippen molar-refractivity contribution >= 4 is 36.7 Å². The van der Waals surface area contributed by atoms with Gasteiger partial charge >= 0.3 is 0 Å². The van der Waals surface area contributed by atoms with E-state index in [4.69, 9.17) is 0 Å². The molecular formula is C15H19NO4S3. The van der Waals surface area contributed by atoms with Gasteiger partial charge in [-0.05, 0) is 42.1 Å². The molecule has 0 saturated heterocycles. The molecule has 0 N–H and O–H groups in total. The maximum absolute atomic E-state index is 12.1. The molecule has 0 fully saturated rings. The molecule has 0 radical (unpaired) electrons. The van der Waals surface area contributed by atoms with Crippen LogP contribution >= 0.6 is 11.3 Å². The first-order valence-corrected chi connectivity index (χ1v) is 11.4. The maximum Gasteiger partial charge on any atom is 0.177 e. The number of thiophene rings is 1. The number of hydrogen-bond donors (Lipinski definition) is 0. The van der Waals surface area contributed by atoms with Crippen molar-refractivity contribution in [2.24, 2.45) is 0 Å². The quantitative estimate of drug-likeness (QED) is 0.805. The SMILES string of the molecule is Cc1ccsc1CN(C)c1ccc(S(C)(=O)=O)cc1S(C)(=O)=O. The highest BCUT2D eigenvalue weighted by atomic mass is 32.2. The van der Waals surface area contributed by atoms with Crippen LogP contribution in [0.2, 0.25) is 0 Å². The summed E-state index contributed by atoms with van der Waals surface area (Å²) in [6.07, 6.45) is 2.15. The molecule has 8 heteroatoms. The first-order valence-electron chi connectivity index (χ1n) is 6.78. The van der Waals surface area contributed by atoms with E-state index < -0.39 is 19.7 Å². The highest BCUT2D eigenvalue weighted by molar-refractivity contribution is 7.91. The van der Waals surface area contributed by atoms with Crippen molar-refractivity contribution in [3.8, 4) is 0 Å². The second kappa shape index (κ2) is 6.26. The molecule has 0 unspecified atom stereocenters. The monoisotopic (exact) mass is 373 g/mol. The number of sulfone groups is 2. The van der Waals surface area contributed by atoms with Crippen LogP contribution in [0.25, 0.3) is 0 Å². The zero-order valence-corrected chi connectivity index (χ0v) is 15.8. The van der Waals surface area contributed by atoms with Crippen LogP contribution in [-0.4, -0.2) is 36.4 Å². The van der Waals surface area contributed by atoms with Gasteiger partial charge in [-0.3, -0.25) is 0 Å². The molecule has 2 rings (SSSR count). The van der Waals surface area contributed by atoms with Crippen LogP contribution in [0.15, 0.2) is 39.4 Å². The van der Waals surface area contributed by atoms with Crippen LogP contribution in [0.5, 0.6) is 0 Å². The summed E-state index contributed by atoms with van der Waals surface area (Å²) in [6, 6.07) is 6.24. The smallest absolute Gasteiger partial charge is 0.177 e. The standard InChI is InChI=1S/C15H19NO4S3/c1-11-7-8-21-14(11)10-16(2)13-6-5-12(22(3,17)18)9-15(13)23(4,19)20/h5-9H,10H2,1-4H3. The lowest BCUT2D eigenvalue weighted by molar-refractivity contribution is 0.600. The predicted octanol–water partition coefficient (Wildman–Crippen LogP) is 2.50. The van der Waals surface area contributed by atoms with Crippen LogP contribution in [0.4, 0.5) is 5.69 Å². The minimum Gasteiger partial charge on any atom is -0.368 e. The van der Waals surface area contributed by atoms with Gasteiger partial charge in [0.05, 0.1) is 22.0 Å². The summed E-state index contributed by atoms with van der Waals surface area (Å²) in [4.78, 5) is 2.99. The Labute approximate surface area is 141 Å². The summed E-state index contributed by atoms with van der Waals surface area (Å²) < 4.78 is 47.6. The fourth-order valence-electron chi connectivity index (χ4n) is 2.20. The molecule has 0 aliphatic rings. The largest absolute Gasteiger partial charge is 0.368 e. The molecule has 23 heavy (non-hydrogen) atoms. The average Bonchev–Trinajstić information content (AvgIpc) is 2.81. The molecule has 0 bridgehead atoms. The van der Waals surface area contributed by atoms with Crippen LogP contribution < -0.4 is 4.90 Å². The van der Waals surface area contributed by atoms with Crippen LogP contribution in [0, 0.1) is 6.92 Å². The third-order valence-corrected chi connectivity index (χ3v) is 6.76. The fraction of sp³-hybridized carbons (Fsp3) is 0.333. The van der Waals surface area contributed by atoms with E-state index >= 15 is 0 Å². The van der Waals surface area contributed by atoms with Crippen molar-refractivity contribution in [1.29, 1.82) is 0 Å². The Morgan fingerprint density at radius 3 is 2.17 bits per heavy atom. The number of hydrogen-bond acceptors (Lipinski definition) is 6. The Morgan fingerprint density at radius 2 is 1.70 bits per heavy atom. The Balaban J connectivity index is 2.51. The number of anilines is 1. The van der Waals surface area contributed by atoms with Gasteiger partial charge in [0.15, 0.2) is 19.7 Å². The van der Waals surface area contributed by atoms with Gasteiger partial charge in [0.25, 0.3) is 0 Å². The summed E-state index contributed by atoms with van der Waals surface area (Å²) in [5.74, 6) is 0. The first kappa shape index (κ1) is 18.0. The van der Waals surface area contributed by atoms with E-state index in [1.165, 1.54) is 12.1 Å². The second-order valence-corrected chi connectivity index (χ2v) is 10.6. The second-order valence-electron chi connectivity index (χ2n) is 5.56. The molecule has 0 atom stereocenters. The number of rotatable bonds is 5. The predicted molar refractivity (Wildman–Crippen MR) is 93.8 cm³/mol. The van der Waals surface area contributed by atoms with Gasteiger partial charge in [-0.25, -0.2) is 16.8 Å². The molecule has 1 aromatic carbocycles. The molecule has 0 spiro atoms. The fourth-order valence-corrected chi connectivity index (χ4v) is 4.83. The molecule has 0 amide bonds. The summed E-state index contributed by atoms with van der Waals surface area (Å²) in [5, 5.41) is 1.99. The highest BCUT2D eigenvalue weighted by Crippen LogP contribution is 2.29. The molecule has 0 aliphatic carbocycles. The molecule has 1 aromatic heterocycles. The third kappa shape index (κ3) is 4.13. The van der Waals surface area contributed by atoms with Gasteiger partial charge in [0, 0.05) is 24.4 Å². The van der Waals surface area contributed by atoms with E-state index in [0.29, 0.717) is 12.2 Å². The number of nitrogens with zero attached hydrogens (tertiary/aromatic N) is 1. The molecule has 0 saturated carbocycles. The van der Waals surface area contributed by atoms with Crippen LogP contribution in [-0.2, 0) is 26.2 Å². The van der Waals surface area contributed by atoms with Crippen molar-refractivity contribution in [1.82, 2.24) is 0 Å². The summed E-state index contributed by atoms with van der Waals surface area (Å²) in [6.45, 7) is 2.56. The minimum absolute atomic E-state index is 0.00220. The Bertz CT molecular complexity index is 927. The lowest BCUT2D eigenvalue weighted by atomic mass is 10.2. The van der Waals surface area contributed by atoms with Gasteiger partial charge in [0.2, 0.25) is 0 Å². The topological polar surface area (TPSA) is 71.5 Å². The van der Waals surface area contributed by atoms with E-state index in [9.17, 15) is 16.8 Å². The highest BCUT2D eigenvalue weighted by Gasteiger charge is 2.20. The van der Waals surface area contributed by atoms with Gasteiger partial charge in [-0.1, -0.05) is 0 Å². The summed E-state index contributed by atoms with van der Waals surface area (Å²) in [5.41, 5.74) is 1.64. The van der Waals surface area contributed by atoms with Crippen LogP contribution in [0.3, 0.4) is 0 Å². The van der Waals surface area contributed by atoms with Crippen molar-refractivity contribution < 1.29 is 16.8 Å². The van der Waals surface area contributed by atoms with E-state index in [0.717, 1.165) is 23.0 Å². The van der Waals surface area contributed by atoms with Crippen molar-refractivity contribution in [3.05, 3.63) is 40.1 Å². The Morgan fingerprint density at radius 1 is 1.04 bits per heavy atom. The van der Waals surface area contributed by atoms with Crippen molar-refractivity contribution in [2.45, 2.75) is 23.3 Å². The maximum atomic E-state index is 12.1. The zero-order valence-electron chi connectivity index (χ0n) is 13.4. The zero-order chi connectivity index (χ0) is 17.4. The minimum atomic E-state index is -3.55. The number of aryl methyl sites for hydroxylation is 1. The summed E-state index contributed by atoms with van der Waals surface area (Å²) in [7, 11) is -5.22. The van der Waals surface area contributed by atoms with Gasteiger partial charge < -0.3 is 4.90 Å². The number of benzene rings is 1. The lowest BCUT2D eigenvalue weighted by Crippen LogP contribution is -2.19. The third-order valence-electron chi connectivity index (χ3n) is 3.52. The lowest BCUT2D eigenvalue weighted by Gasteiger charge is -2.22. The Kier molecular flexibility index (Phi) is 4.89. The van der Waals surface area contributed by atoms with E-state index in [1.807, 2.05) is 23.3 Å². The molecule has 0 aliphatic heterocycles. The summed E-state index contributed by atoms with van der Waals surface area (Å²) >= 11 is 1.61. The van der Waals surface area contributed by atoms with Crippen molar-refractivity contribution in [3.63, 3.8) is 0 Å². The van der Waals surface area contributed by atoms with Gasteiger partial charge in [-0.2, -0.15) is 0 Å². The van der Waals surface area contributed by atoms with Gasteiger partial charge in [0.1, 0.15) is 0 Å². The van der Waals surface area contributed by atoms with E-state index in [2.05, 4.69) is 0 Å². The van der Waals surface area contributed by atoms with E-state index in [-0.39, 0.29) is 9.79 Å². The van der Waals surface area contributed by atoms with Crippen LogP contribution in [0.1, 0.15) is 10.4 Å². The normalized spacial score (nSPS) is 12.3. The Hall–Kier alpha value is -1.38. The molecule has 126 valence electrons. The molecule has 2 aromatic rings. The van der Waals surface area contributed by atoms with Gasteiger partial charge in [-0.15, -0.1) is 11.3 Å². The van der Waals surface area contributed by atoms with Crippen molar-refractivity contribution in [2.75, 3.05) is 24.5 Å². The average molecular weight is 374 g/mol. The van der Waals surface area contributed by atoms with E-state index in [1.54, 1.807) is 24.5 Å². The first-order chi connectivity index (χ1) is 10.5. The molecule has 1 heterocycles. The molecule has 5 nitrogen and oxygen atoms in total. The molecular weight excluding hydrogens is 354 g/mol.